The molecular formula is C15H18F3N3. The molecule has 114 valence electrons. The molecule has 0 aromatic heterocycles. The van der Waals surface area contributed by atoms with Gasteiger partial charge in [0.1, 0.15) is 0 Å². The monoisotopic (exact) mass is 297 g/mol. The van der Waals surface area contributed by atoms with Crippen molar-refractivity contribution >= 4 is 5.69 Å². The van der Waals surface area contributed by atoms with Crippen molar-refractivity contribution in [3.63, 3.8) is 0 Å². The second-order valence-electron chi connectivity index (χ2n) is 5.42. The van der Waals surface area contributed by atoms with E-state index in [1.165, 1.54) is 25.0 Å². The van der Waals surface area contributed by atoms with Crippen LogP contribution in [0.15, 0.2) is 18.2 Å². The molecule has 0 aliphatic carbocycles. The molecule has 0 saturated carbocycles. The summed E-state index contributed by atoms with van der Waals surface area (Å²) in [5, 5.41) is 12.0. The summed E-state index contributed by atoms with van der Waals surface area (Å²) in [5.41, 5.74) is -0.685. The smallest absolute Gasteiger partial charge is 0.381 e. The van der Waals surface area contributed by atoms with E-state index in [2.05, 4.69) is 10.2 Å². The normalized spacial score (nSPS) is 17.5. The SMILES string of the molecule is CC(CN1CCCC1)Nc1ccc(C(F)(F)F)c(C#N)c1. The largest absolute Gasteiger partial charge is 0.417 e. The zero-order valence-electron chi connectivity index (χ0n) is 11.9. The van der Waals surface area contributed by atoms with Gasteiger partial charge in [0.05, 0.1) is 17.2 Å². The fourth-order valence-electron chi connectivity index (χ4n) is 2.66. The van der Waals surface area contributed by atoms with Crippen LogP contribution in [0.5, 0.6) is 0 Å². The van der Waals surface area contributed by atoms with Gasteiger partial charge in [0.2, 0.25) is 0 Å². The number of alkyl halides is 3. The maximum Gasteiger partial charge on any atom is 0.417 e. The minimum absolute atomic E-state index is 0.117. The van der Waals surface area contributed by atoms with Gasteiger partial charge in [-0.2, -0.15) is 18.4 Å². The van der Waals surface area contributed by atoms with Crippen molar-refractivity contribution in [3.8, 4) is 6.07 Å². The molecule has 0 bridgehead atoms. The molecule has 0 radical (unpaired) electrons. The van der Waals surface area contributed by atoms with Crippen LogP contribution in [0.3, 0.4) is 0 Å². The highest BCUT2D eigenvalue weighted by Crippen LogP contribution is 2.33. The Morgan fingerprint density at radius 2 is 2.00 bits per heavy atom. The minimum Gasteiger partial charge on any atom is -0.381 e. The fraction of sp³-hybridized carbons (Fsp3) is 0.533. The van der Waals surface area contributed by atoms with Crippen LogP contribution in [0.1, 0.15) is 30.9 Å². The predicted octanol–water partition coefficient (Wildman–Crippen LogP) is 3.47. The molecule has 1 aromatic rings. The van der Waals surface area contributed by atoms with Crippen molar-refractivity contribution in [2.24, 2.45) is 0 Å². The highest BCUT2D eigenvalue weighted by Gasteiger charge is 2.33. The van der Waals surface area contributed by atoms with E-state index < -0.39 is 11.7 Å². The molecule has 1 fully saturated rings. The van der Waals surface area contributed by atoms with Crippen molar-refractivity contribution in [2.45, 2.75) is 32.0 Å². The molecule has 1 aliphatic heterocycles. The van der Waals surface area contributed by atoms with E-state index in [4.69, 9.17) is 5.26 Å². The van der Waals surface area contributed by atoms with Crippen molar-refractivity contribution in [3.05, 3.63) is 29.3 Å². The van der Waals surface area contributed by atoms with E-state index >= 15 is 0 Å². The lowest BCUT2D eigenvalue weighted by Crippen LogP contribution is -2.33. The number of hydrogen-bond acceptors (Lipinski definition) is 3. The molecule has 3 nitrogen and oxygen atoms in total. The lowest BCUT2D eigenvalue weighted by atomic mass is 10.1. The third-order valence-corrected chi connectivity index (χ3v) is 3.59. The maximum absolute atomic E-state index is 12.7. The number of nitriles is 1. The molecule has 0 spiro atoms. The second kappa shape index (κ2) is 6.35. The van der Waals surface area contributed by atoms with Gasteiger partial charge >= 0.3 is 6.18 Å². The van der Waals surface area contributed by atoms with E-state index in [1.807, 2.05) is 6.92 Å². The highest BCUT2D eigenvalue weighted by molar-refractivity contribution is 5.54. The van der Waals surface area contributed by atoms with E-state index in [0.29, 0.717) is 5.69 Å². The third-order valence-electron chi connectivity index (χ3n) is 3.59. The Kier molecular flexibility index (Phi) is 4.73. The van der Waals surface area contributed by atoms with Gasteiger partial charge in [-0.25, -0.2) is 0 Å². The zero-order chi connectivity index (χ0) is 15.5. The molecule has 21 heavy (non-hydrogen) atoms. The molecule has 1 aromatic carbocycles. The summed E-state index contributed by atoms with van der Waals surface area (Å²) in [7, 11) is 0. The number of halogens is 3. The number of likely N-dealkylation sites (tertiary alicyclic amines) is 1. The summed E-state index contributed by atoms with van der Waals surface area (Å²) in [6.07, 6.45) is -2.10. The zero-order valence-corrected chi connectivity index (χ0v) is 11.9. The lowest BCUT2D eigenvalue weighted by molar-refractivity contribution is -0.137. The van der Waals surface area contributed by atoms with Crippen LogP contribution in [0.2, 0.25) is 0 Å². The van der Waals surface area contributed by atoms with Crippen LogP contribution in [0, 0.1) is 11.3 Å². The van der Waals surface area contributed by atoms with Crippen LogP contribution in [0.4, 0.5) is 18.9 Å². The minimum atomic E-state index is -4.50. The Morgan fingerprint density at radius 3 is 2.57 bits per heavy atom. The average Bonchev–Trinajstić information content (AvgIpc) is 2.89. The fourth-order valence-corrected chi connectivity index (χ4v) is 2.66. The number of benzene rings is 1. The first-order chi connectivity index (χ1) is 9.90. The molecule has 6 heteroatoms. The van der Waals surface area contributed by atoms with Crippen LogP contribution >= 0.6 is 0 Å². The topological polar surface area (TPSA) is 39.1 Å². The summed E-state index contributed by atoms with van der Waals surface area (Å²) in [4.78, 5) is 2.33. The summed E-state index contributed by atoms with van der Waals surface area (Å²) in [6.45, 7) is 4.98. The molecule has 1 saturated heterocycles. The molecule has 2 rings (SSSR count). The number of anilines is 1. The van der Waals surface area contributed by atoms with Crippen LogP contribution in [-0.2, 0) is 6.18 Å². The Morgan fingerprint density at radius 1 is 1.33 bits per heavy atom. The molecule has 1 aliphatic rings. The van der Waals surface area contributed by atoms with Gasteiger partial charge in [0.15, 0.2) is 0 Å². The van der Waals surface area contributed by atoms with Gasteiger partial charge in [-0.05, 0) is 51.1 Å². The number of rotatable bonds is 4. The van der Waals surface area contributed by atoms with Crippen LogP contribution in [-0.4, -0.2) is 30.6 Å². The van der Waals surface area contributed by atoms with E-state index in [-0.39, 0.29) is 11.6 Å². The molecule has 1 atom stereocenters. The quantitative estimate of drug-likeness (QED) is 0.925. The molecule has 0 amide bonds. The summed E-state index contributed by atoms with van der Waals surface area (Å²) in [5.74, 6) is 0. The first-order valence-electron chi connectivity index (χ1n) is 7.00. The molecular weight excluding hydrogens is 279 g/mol. The van der Waals surface area contributed by atoms with E-state index in [0.717, 1.165) is 25.7 Å². The third kappa shape index (κ3) is 4.11. The number of nitrogens with one attached hydrogen (secondary N) is 1. The molecule has 1 N–H and O–H groups in total. The summed E-state index contributed by atoms with van der Waals surface area (Å²) in [6, 6.07) is 5.34. The van der Waals surface area contributed by atoms with Gasteiger partial charge in [-0.15, -0.1) is 0 Å². The lowest BCUT2D eigenvalue weighted by Gasteiger charge is -2.22. The van der Waals surface area contributed by atoms with E-state index in [9.17, 15) is 13.2 Å². The predicted molar refractivity (Wildman–Crippen MR) is 74.9 cm³/mol. The van der Waals surface area contributed by atoms with Crippen molar-refractivity contribution < 1.29 is 13.2 Å². The second-order valence-corrected chi connectivity index (χ2v) is 5.42. The highest BCUT2D eigenvalue weighted by atomic mass is 19.4. The van der Waals surface area contributed by atoms with Gasteiger partial charge < -0.3 is 10.2 Å². The molecule has 1 unspecified atom stereocenters. The van der Waals surface area contributed by atoms with Gasteiger partial charge in [0.25, 0.3) is 0 Å². The first-order valence-corrected chi connectivity index (χ1v) is 7.00. The van der Waals surface area contributed by atoms with Gasteiger partial charge in [0, 0.05) is 18.3 Å². The average molecular weight is 297 g/mol. The Labute approximate surface area is 122 Å². The number of hydrogen-bond donors (Lipinski definition) is 1. The van der Waals surface area contributed by atoms with Gasteiger partial charge in [-0.1, -0.05) is 0 Å². The summed E-state index contributed by atoms with van der Waals surface area (Å²) >= 11 is 0. The Balaban J connectivity index is 2.05. The Hall–Kier alpha value is -1.74. The van der Waals surface area contributed by atoms with Crippen molar-refractivity contribution in [1.29, 1.82) is 5.26 Å². The van der Waals surface area contributed by atoms with E-state index in [1.54, 1.807) is 6.07 Å². The van der Waals surface area contributed by atoms with Crippen LogP contribution in [0.25, 0.3) is 0 Å². The molecule has 1 heterocycles. The van der Waals surface area contributed by atoms with Gasteiger partial charge in [-0.3, -0.25) is 0 Å². The Bertz CT molecular complexity index is 528. The first kappa shape index (κ1) is 15.6. The van der Waals surface area contributed by atoms with Crippen molar-refractivity contribution in [2.75, 3.05) is 25.0 Å². The standard InChI is InChI=1S/C15H18F3N3/c1-11(10-21-6-2-3-7-21)20-13-4-5-14(15(16,17)18)12(8-13)9-19/h4-5,8,11,20H,2-3,6-7,10H2,1H3. The van der Waals surface area contributed by atoms with Crippen molar-refractivity contribution in [1.82, 2.24) is 4.90 Å². The van der Waals surface area contributed by atoms with Crippen LogP contribution < -0.4 is 5.32 Å². The summed E-state index contributed by atoms with van der Waals surface area (Å²) < 4.78 is 38.2. The maximum atomic E-state index is 12.7. The number of nitrogens with zero attached hydrogens (tertiary/aromatic N) is 2.